The normalized spacial score (nSPS) is 32.6. The summed E-state index contributed by atoms with van der Waals surface area (Å²) in [7, 11) is 0. The van der Waals surface area contributed by atoms with E-state index in [-0.39, 0.29) is 5.54 Å². The van der Waals surface area contributed by atoms with Gasteiger partial charge in [0.15, 0.2) is 5.82 Å². The molecule has 4 fully saturated rings. The standard InChI is InChI=1S/C20H24N4O/c21-17-18(22-12-23-19(17)25-16-4-2-1-3-5-16)24-20-9-13-6-14(10-20)8-15(7-13)11-20/h1-5,12-15H,6-11,21H2,(H,22,23,24). The van der Waals surface area contributed by atoms with Crippen LogP contribution in [-0.4, -0.2) is 15.5 Å². The van der Waals surface area contributed by atoms with Gasteiger partial charge in [-0.05, 0) is 68.4 Å². The first kappa shape index (κ1) is 15.0. The molecule has 0 atom stereocenters. The van der Waals surface area contributed by atoms with Gasteiger partial charge < -0.3 is 15.8 Å². The lowest BCUT2D eigenvalue weighted by Crippen LogP contribution is -2.55. The van der Waals surface area contributed by atoms with Crippen LogP contribution in [0.2, 0.25) is 0 Å². The molecule has 5 nitrogen and oxygen atoms in total. The third-order valence-electron chi connectivity index (χ3n) is 6.23. The number of benzene rings is 1. The molecule has 0 unspecified atom stereocenters. The molecule has 0 saturated heterocycles. The van der Waals surface area contributed by atoms with E-state index in [0.717, 1.165) is 29.3 Å². The summed E-state index contributed by atoms with van der Waals surface area (Å²) in [6.45, 7) is 0. The predicted octanol–water partition coefficient (Wildman–Crippen LogP) is 4.23. The average molecular weight is 336 g/mol. The van der Waals surface area contributed by atoms with Crippen molar-refractivity contribution in [3.8, 4) is 11.6 Å². The van der Waals surface area contributed by atoms with E-state index >= 15 is 0 Å². The molecular weight excluding hydrogens is 312 g/mol. The van der Waals surface area contributed by atoms with Gasteiger partial charge in [-0.25, -0.2) is 4.98 Å². The Morgan fingerprint density at radius 2 is 1.60 bits per heavy atom. The predicted molar refractivity (Wildman–Crippen MR) is 97.5 cm³/mol. The zero-order chi connectivity index (χ0) is 16.9. The van der Waals surface area contributed by atoms with Crippen LogP contribution in [0.15, 0.2) is 36.7 Å². The summed E-state index contributed by atoms with van der Waals surface area (Å²) in [5, 5.41) is 3.72. The van der Waals surface area contributed by atoms with Gasteiger partial charge in [-0.15, -0.1) is 0 Å². The first-order chi connectivity index (χ1) is 12.2. The molecule has 1 aromatic heterocycles. The number of anilines is 2. The molecule has 1 heterocycles. The number of nitrogens with one attached hydrogen (secondary N) is 1. The zero-order valence-electron chi connectivity index (χ0n) is 14.3. The number of para-hydroxylation sites is 1. The smallest absolute Gasteiger partial charge is 0.248 e. The van der Waals surface area contributed by atoms with Crippen molar-refractivity contribution in [2.45, 2.75) is 44.1 Å². The van der Waals surface area contributed by atoms with Crippen molar-refractivity contribution >= 4 is 11.5 Å². The Morgan fingerprint density at radius 3 is 2.24 bits per heavy atom. The molecule has 0 amide bonds. The molecule has 130 valence electrons. The maximum atomic E-state index is 6.35. The highest BCUT2D eigenvalue weighted by Crippen LogP contribution is 2.56. The third-order valence-corrected chi connectivity index (χ3v) is 6.23. The van der Waals surface area contributed by atoms with Crippen molar-refractivity contribution in [2.75, 3.05) is 11.1 Å². The molecular formula is C20H24N4O. The van der Waals surface area contributed by atoms with Gasteiger partial charge >= 0.3 is 0 Å². The number of nitrogens with zero attached hydrogens (tertiary/aromatic N) is 2. The van der Waals surface area contributed by atoms with Gasteiger partial charge in [0, 0.05) is 5.54 Å². The molecule has 4 bridgehead atoms. The lowest BCUT2D eigenvalue weighted by atomic mass is 9.53. The fourth-order valence-corrected chi connectivity index (χ4v) is 5.68. The lowest BCUT2D eigenvalue weighted by molar-refractivity contribution is 0.0106. The lowest BCUT2D eigenvalue weighted by Gasteiger charge is -2.57. The second kappa shape index (κ2) is 5.61. The van der Waals surface area contributed by atoms with Crippen LogP contribution in [-0.2, 0) is 0 Å². The summed E-state index contributed by atoms with van der Waals surface area (Å²) in [6.07, 6.45) is 9.54. The topological polar surface area (TPSA) is 73.1 Å². The summed E-state index contributed by atoms with van der Waals surface area (Å²) in [5.41, 5.74) is 7.02. The van der Waals surface area contributed by atoms with Crippen molar-refractivity contribution in [1.29, 1.82) is 0 Å². The second-order valence-corrected chi connectivity index (χ2v) is 8.18. The van der Waals surface area contributed by atoms with Crippen LogP contribution in [0, 0.1) is 17.8 Å². The van der Waals surface area contributed by atoms with Crippen molar-refractivity contribution < 1.29 is 4.74 Å². The molecule has 0 radical (unpaired) electrons. The van der Waals surface area contributed by atoms with E-state index in [2.05, 4.69) is 15.3 Å². The Balaban J connectivity index is 1.40. The molecule has 2 aromatic rings. The van der Waals surface area contributed by atoms with Crippen LogP contribution in [0.25, 0.3) is 0 Å². The Kier molecular flexibility index (Phi) is 3.37. The van der Waals surface area contributed by atoms with E-state index in [1.807, 2.05) is 30.3 Å². The van der Waals surface area contributed by atoms with Crippen LogP contribution in [0.3, 0.4) is 0 Å². The molecule has 6 rings (SSSR count). The number of nitrogen functional groups attached to an aromatic ring is 1. The minimum Gasteiger partial charge on any atom is -0.437 e. The largest absolute Gasteiger partial charge is 0.437 e. The quantitative estimate of drug-likeness (QED) is 0.874. The minimum atomic E-state index is 0.168. The SMILES string of the molecule is Nc1c(NC23CC4CC(CC(C4)C2)C3)ncnc1Oc1ccccc1. The summed E-state index contributed by atoms with van der Waals surface area (Å²) in [5.74, 6) is 4.51. The second-order valence-electron chi connectivity index (χ2n) is 8.18. The number of aromatic nitrogens is 2. The van der Waals surface area contributed by atoms with E-state index in [0.29, 0.717) is 11.6 Å². The summed E-state index contributed by atoms with van der Waals surface area (Å²) in [4.78, 5) is 8.66. The zero-order valence-corrected chi connectivity index (χ0v) is 14.3. The Labute approximate surface area is 148 Å². The van der Waals surface area contributed by atoms with Crippen LogP contribution >= 0.6 is 0 Å². The Hall–Kier alpha value is -2.30. The molecule has 4 saturated carbocycles. The molecule has 5 heteroatoms. The van der Waals surface area contributed by atoms with E-state index < -0.39 is 0 Å². The molecule has 25 heavy (non-hydrogen) atoms. The fourth-order valence-electron chi connectivity index (χ4n) is 5.68. The van der Waals surface area contributed by atoms with Crippen LogP contribution in [0.1, 0.15) is 38.5 Å². The van der Waals surface area contributed by atoms with Crippen LogP contribution in [0.4, 0.5) is 11.5 Å². The van der Waals surface area contributed by atoms with Crippen molar-refractivity contribution in [2.24, 2.45) is 17.8 Å². The van der Waals surface area contributed by atoms with Crippen molar-refractivity contribution in [1.82, 2.24) is 9.97 Å². The number of ether oxygens (including phenoxy) is 1. The van der Waals surface area contributed by atoms with E-state index in [4.69, 9.17) is 10.5 Å². The van der Waals surface area contributed by atoms with E-state index in [1.165, 1.54) is 44.9 Å². The molecule has 3 N–H and O–H groups in total. The van der Waals surface area contributed by atoms with E-state index in [1.54, 1.807) is 0 Å². The number of hydrogen-bond donors (Lipinski definition) is 2. The van der Waals surface area contributed by atoms with Crippen LogP contribution < -0.4 is 15.8 Å². The number of hydrogen-bond acceptors (Lipinski definition) is 5. The van der Waals surface area contributed by atoms with Gasteiger partial charge in [0.25, 0.3) is 0 Å². The maximum absolute atomic E-state index is 6.35. The molecule has 0 spiro atoms. The van der Waals surface area contributed by atoms with Gasteiger partial charge in [0.05, 0.1) is 0 Å². The fraction of sp³-hybridized carbons (Fsp3) is 0.500. The third kappa shape index (κ3) is 2.71. The van der Waals surface area contributed by atoms with Crippen molar-refractivity contribution in [3.63, 3.8) is 0 Å². The van der Waals surface area contributed by atoms with E-state index in [9.17, 15) is 0 Å². The highest BCUT2D eigenvalue weighted by atomic mass is 16.5. The number of rotatable bonds is 4. The van der Waals surface area contributed by atoms with Gasteiger partial charge in [0.1, 0.15) is 17.8 Å². The first-order valence-corrected chi connectivity index (χ1v) is 9.31. The maximum Gasteiger partial charge on any atom is 0.248 e. The minimum absolute atomic E-state index is 0.168. The summed E-state index contributed by atoms with van der Waals surface area (Å²) >= 11 is 0. The monoisotopic (exact) mass is 336 g/mol. The van der Waals surface area contributed by atoms with Crippen LogP contribution in [0.5, 0.6) is 11.6 Å². The molecule has 4 aliphatic carbocycles. The number of nitrogens with two attached hydrogens (primary N) is 1. The Bertz CT molecular complexity index is 741. The summed E-state index contributed by atoms with van der Waals surface area (Å²) in [6, 6.07) is 9.61. The highest BCUT2D eigenvalue weighted by Gasteiger charge is 2.51. The molecule has 4 aliphatic rings. The van der Waals surface area contributed by atoms with Gasteiger partial charge in [-0.2, -0.15) is 4.98 Å². The summed E-state index contributed by atoms with van der Waals surface area (Å²) < 4.78 is 5.85. The highest BCUT2D eigenvalue weighted by molar-refractivity contribution is 5.68. The van der Waals surface area contributed by atoms with Gasteiger partial charge in [0.2, 0.25) is 5.88 Å². The van der Waals surface area contributed by atoms with Gasteiger partial charge in [-0.1, -0.05) is 18.2 Å². The van der Waals surface area contributed by atoms with Crippen molar-refractivity contribution in [3.05, 3.63) is 36.7 Å². The average Bonchev–Trinajstić information content (AvgIpc) is 2.58. The van der Waals surface area contributed by atoms with Gasteiger partial charge in [-0.3, -0.25) is 0 Å². The first-order valence-electron chi connectivity index (χ1n) is 9.31. The Morgan fingerprint density at radius 1 is 0.960 bits per heavy atom. The molecule has 0 aliphatic heterocycles. The molecule has 1 aromatic carbocycles.